The monoisotopic (exact) mass is 210 g/mol. The summed E-state index contributed by atoms with van der Waals surface area (Å²) in [5, 5.41) is 3.15. The lowest BCUT2D eigenvalue weighted by molar-refractivity contribution is 0.0787. The van der Waals surface area contributed by atoms with E-state index >= 15 is 0 Å². The number of nitrogen functional groups attached to an aromatic ring is 1. The Labute approximate surface area is 90.1 Å². The Morgan fingerprint density at radius 1 is 1.53 bits per heavy atom. The molecule has 1 heterocycles. The van der Waals surface area contributed by atoms with Crippen LogP contribution in [0.1, 0.15) is 20.3 Å². The van der Waals surface area contributed by atoms with Crippen molar-refractivity contribution >= 4 is 11.8 Å². The molecule has 1 rings (SSSR count). The maximum atomic E-state index is 5.44. The SMILES string of the molecule is CC(C)OCCCNc1ccnc(N)n1. The van der Waals surface area contributed by atoms with Gasteiger partial charge in [0, 0.05) is 19.3 Å². The van der Waals surface area contributed by atoms with E-state index in [-0.39, 0.29) is 0 Å². The summed E-state index contributed by atoms with van der Waals surface area (Å²) in [4.78, 5) is 7.83. The number of anilines is 2. The van der Waals surface area contributed by atoms with Gasteiger partial charge in [0.1, 0.15) is 5.82 Å². The fraction of sp³-hybridized carbons (Fsp3) is 0.600. The summed E-state index contributed by atoms with van der Waals surface area (Å²) >= 11 is 0. The topological polar surface area (TPSA) is 73.1 Å². The first-order valence-electron chi connectivity index (χ1n) is 5.12. The molecule has 0 aliphatic rings. The van der Waals surface area contributed by atoms with Crippen LogP contribution in [0.25, 0.3) is 0 Å². The lowest BCUT2D eigenvalue weighted by atomic mass is 10.4. The third kappa shape index (κ3) is 5.17. The molecular formula is C10H18N4O. The van der Waals surface area contributed by atoms with Gasteiger partial charge in [0.2, 0.25) is 5.95 Å². The van der Waals surface area contributed by atoms with Crippen molar-refractivity contribution in [1.82, 2.24) is 9.97 Å². The first kappa shape index (κ1) is 11.7. The van der Waals surface area contributed by atoms with Crippen molar-refractivity contribution in [2.75, 3.05) is 24.2 Å². The van der Waals surface area contributed by atoms with E-state index in [0.29, 0.717) is 12.1 Å². The molecule has 0 aromatic carbocycles. The molecule has 0 aliphatic carbocycles. The molecule has 0 fully saturated rings. The molecule has 15 heavy (non-hydrogen) atoms. The highest BCUT2D eigenvalue weighted by Crippen LogP contribution is 2.02. The van der Waals surface area contributed by atoms with E-state index in [0.717, 1.165) is 25.4 Å². The molecule has 5 nitrogen and oxygen atoms in total. The number of nitrogens with one attached hydrogen (secondary N) is 1. The lowest BCUT2D eigenvalue weighted by Crippen LogP contribution is -2.10. The van der Waals surface area contributed by atoms with Gasteiger partial charge in [-0.05, 0) is 26.3 Å². The molecule has 0 bridgehead atoms. The van der Waals surface area contributed by atoms with Gasteiger partial charge in [-0.2, -0.15) is 4.98 Å². The van der Waals surface area contributed by atoms with Gasteiger partial charge in [-0.25, -0.2) is 4.98 Å². The second kappa shape index (κ2) is 6.19. The summed E-state index contributed by atoms with van der Waals surface area (Å²) < 4.78 is 5.41. The molecule has 3 N–H and O–H groups in total. The molecule has 0 radical (unpaired) electrons. The van der Waals surface area contributed by atoms with Crippen LogP contribution in [0, 0.1) is 0 Å². The minimum Gasteiger partial charge on any atom is -0.379 e. The molecule has 0 saturated carbocycles. The zero-order valence-electron chi connectivity index (χ0n) is 9.23. The molecule has 0 atom stereocenters. The number of ether oxygens (including phenoxy) is 1. The Morgan fingerprint density at radius 3 is 3.00 bits per heavy atom. The molecule has 5 heteroatoms. The summed E-state index contributed by atoms with van der Waals surface area (Å²) in [6, 6.07) is 1.79. The fourth-order valence-electron chi connectivity index (χ4n) is 1.08. The van der Waals surface area contributed by atoms with Crippen molar-refractivity contribution in [3.63, 3.8) is 0 Å². The molecule has 1 aromatic rings. The number of rotatable bonds is 6. The molecule has 0 spiro atoms. The third-order valence-electron chi connectivity index (χ3n) is 1.75. The van der Waals surface area contributed by atoms with Gasteiger partial charge in [0.25, 0.3) is 0 Å². The summed E-state index contributed by atoms with van der Waals surface area (Å²) in [7, 11) is 0. The standard InChI is InChI=1S/C10H18N4O/c1-8(2)15-7-3-5-12-9-4-6-13-10(11)14-9/h4,6,8H,3,5,7H2,1-2H3,(H3,11,12,13,14). The van der Waals surface area contributed by atoms with Crippen LogP contribution in [0.15, 0.2) is 12.3 Å². The van der Waals surface area contributed by atoms with E-state index in [1.807, 2.05) is 13.8 Å². The van der Waals surface area contributed by atoms with E-state index in [4.69, 9.17) is 10.5 Å². The summed E-state index contributed by atoms with van der Waals surface area (Å²) in [6.45, 7) is 5.63. The van der Waals surface area contributed by atoms with E-state index in [1.165, 1.54) is 0 Å². The summed E-state index contributed by atoms with van der Waals surface area (Å²) in [5.74, 6) is 1.05. The van der Waals surface area contributed by atoms with Crippen molar-refractivity contribution in [2.45, 2.75) is 26.4 Å². The molecule has 0 amide bonds. The van der Waals surface area contributed by atoms with Crippen LogP contribution < -0.4 is 11.1 Å². The predicted octanol–water partition coefficient (Wildman–Crippen LogP) is 1.29. The van der Waals surface area contributed by atoms with Crippen LogP contribution in [-0.2, 0) is 4.74 Å². The van der Waals surface area contributed by atoms with Gasteiger partial charge >= 0.3 is 0 Å². The number of hydrogen-bond donors (Lipinski definition) is 2. The minimum absolute atomic E-state index is 0.290. The van der Waals surface area contributed by atoms with Crippen molar-refractivity contribution in [1.29, 1.82) is 0 Å². The van der Waals surface area contributed by atoms with Crippen LogP contribution in [-0.4, -0.2) is 29.2 Å². The predicted molar refractivity (Wildman–Crippen MR) is 60.6 cm³/mol. The Kier molecular flexibility index (Phi) is 4.83. The van der Waals surface area contributed by atoms with Crippen LogP contribution >= 0.6 is 0 Å². The van der Waals surface area contributed by atoms with Gasteiger partial charge in [0.15, 0.2) is 0 Å². The summed E-state index contributed by atoms with van der Waals surface area (Å²) in [6.07, 6.45) is 2.87. The van der Waals surface area contributed by atoms with Gasteiger partial charge in [-0.1, -0.05) is 0 Å². The Hall–Kier alpha value is -1.36. The highest BCUT2D eigenvalue weighted by Gasteiger charge is 1.95. The Balaban J connectivity index is 2.15. The van der Waals surface area contributed by atoms with Crippen molar-refractivity contribution < 1.29 is 4.74 Å². The van der Waals surface area contributed by atoms with Crippen molar-refractivity contribution in [3.8, 4) is 0 Å². The number of nitrogens with zero attached hydrogens (tertiary/aromatic N) is 2. The molecule has 0 saturated heterocycles. The molecular weight excluding hydrogens is 192 g/mol. The fourth-order valence-corrected chi connectivity index (χ4v) is 1.08. The molecule has 84 valence electrons. The van der Waals surface area contributed by atoms with Crippen molar-refractivity contribution in [3.05, 3.63) is 12.3 Å². The van der Waals surface area contributed by atoms with Gasteiger partial charge in [-0.15, -0.1) is 0 Å². The highest BCUT2D eigenvalue weighted by molar-refractivity contribution is 5.36. The van der Waals surface area contributed by atoms with Crippen LogP contribution in [0.3, 0.4) is 0 Å². The Morgan fingerprint density at radius 2 is 2.33 bits per heavy atom. The maximum absolute atomic E-state index is 5.44. The molecule has 0 unspecified atom stereocenters. The average Bonchev–Trinajstić information content (AvgIpc) is 2.17. The van der Waals surface area contributed by atoms with Crippen LogP contribution in [0.4, 0.5) is 11.8 Å². The van der Waals surface area contributed by atoms with Gasteiger partial charge < -0.3 is 15.8 Å². The normalized spacial score (nSPS) is 10.6. The quantitative estimate of drug-likeness (QED) is 0.692. The highest BCUT2D eigenvalue weighted by atomic mass is 16.5. The summed E-state index contributed by atoms with van der Waals surface area (Å²) in [5.41, 5.74) is 5.44. The number of hydrogen-bond acceptors (Lipinski definition) is 5. The van der Waals surface area contributed by atoms with Gasteiger partial charge in [-0.3, -0.25) is 0 Å². The van der Waals surface area contributed by atoms with Gasteiger partial charge in [0.05, 0.1) is 6.10 Å². The average molecular weight is 210 g/mol. The van der Waals surface area contributed by atoms with Crippen LogP contribution in [0.2, 0.25) is 0 Å². The second-order valence-electron chi connectivity index (χ2n) is 3.50. The lowest BCUT2D eigenvalue weighted by Gasteiger charge is -2.08. The van der Waals surface area contributed by atoms with E-state index < -0.39 is 0 Å². The van der Waals surface area contributed by atoms with Crippen molar-refractivity contribution in [2.24, 2.45) is 0 Å². The largest absolute Gasteiger partial charge is 0.379 e. The van der Waals surface area contributed by atoms with E-state index in [9.17, 15) is 0 Å². The number of nitrogens with two attached hydrogens (primary N) is 1. The molecule has 0 aliphatic heterocycles. The smallest absolute Gasteiger partial charge is 0.221 e. The first-order valence-corrected chi connectivity index (χ1v) is 5.12. The maximum Gasteiger partial charge on any atom is 0.221 e. The Bertz CT molecular complexity index is 291. The van der Waals surface area contributed by atoms with E-state index in [2.05, 4.69) is 15.3 Å². The third-order valence-corrected chi connectivity index (χ3v) is 1.75. The second-order valence-corrected chi connectivity index (χ2v) is 3.50. The molecule has 1 aromatic heterocycles. The zero-order chi connectivity index (χ0) is 11.1. The number of aromatic nitrogens is 2. The minimum atomic E-state index is 0.290. The van der Waals surface area contributed by atoms with Crippen LogP contribution in [0.5, 0.6) is 0 Å². The first-order chi connectivity index (χ1) is 7.18. The van der Waals surface area contributed by atoms with E-state index in [1.54, 1.807) is 12.3 Å². The zero-order valence-corrected chi connectivity index (χ0v) is 9.23.